The van der Waals surface area contributed by atoms with E-state index in [9.17, 15) is 23.6 Å². The fraction of sp³-hybridized carbons (Fsp3) is 0.478. The van der Waals surface area contributed by atoms with Gasteiger partial charge in [-0.15, -0.1) is 0 Å². The van der Waals surface area contributed by atoms with Crippen LogP contribution in [-0.2, 0) is 19.3 Å². The van der Waals surface area contributed by atoms with E-state index in [4.69, 9.17) is 15.5 Å². The van der Waals surface area contributed by atoms with Gasteiger partial charge in [0, 0.05) is 24.8 Å². The molecular formula is C23H28N6O5S. The van der Waals surface area contributed by atoms with Gasteiger partial charge in [-0.2, -0.15) is 10.2 Å². The van der Waals surface area contributed by atoms with Gasteiger partial charge in [-0.3, -0.25) is 0 Å². The Labute approximate surface area is 204 Å². The van der Waals surface area contributed by atoms with Gasteiger partial charge in [0.1, 0.15) is 10.6 Å². The Kier molecular flexibility index (Phi) is 6.93. The van der Waals surface area contributed by atoms with Crippen molar-refractivity contribution >= 4 is 27.4 Å². The number of hydrogen-bond acceptors (Lipinski definition) is 9. The lowest BCUT2D eigenvalue weighted by Crippen LogP contribution is -2.44. The van der Waals surface area contributed by atoms with Crippen molar-refractivity contribution < 1.29 is 23.1 Å². The van der Waals surface area contributed by atoms with Gasteiger partial charge in [0.25, 0.3) is 0 Å². The van der Waals surface area contributed by atoms with Crippen LogP contribution < -0.4 is 15.5 Å². The van der Waals surface area contributed by atoms with Crippen LogP contribution in [-0.4, -0.2) is 67.7 Å². The van der Waals surface area contributed by atoms with E-state index in [1.54, 1.807) is 36.5 Å². The SMILES string of the molecule is C[C@H]1COCCN1c1cc(C2(S(=O)(=O)CCCO)CC2)nc(-c2ccc(N(C#N)C(N)=O)cc2)n1. The number of aromatic nitrogens is 2. The van der Waals surface area contributed by atoms with E-state index in [2.05, 4.69) is 9.88 Å². The van der Waals surface area contributed by atoms with Crippen LogP contribution in [0.2, 0.25) is 0 Å². The standard InChI is InChI=1S/C23H28N6O5S/c1-16-14-34-11-9-28(16)20-13-19(23(7-8-23)35(32,33)12-2-10-30)26-21(27-20)17-3-5-18(6-4-17)29(15-24)22(25)31/h3-6,13,16,30H,2,7-12,14H2,1H3,(H2,25,31)/t16-/m0/s1. The summed E-state index contributed by atoms with van der Waals surface area (Å²) in [4.78, 5) is 23.7. The summed E-state index contributed by atoms with van der Waals surface area (Å²) in [6.45, 7) is 3.49. The molecule has 0 unspecified atom stereocenters. The smallest absolute Gasteiger partial charge is 0.332 e. The summed E-state index contributed by atoms with van der Waals surface area (Å²) in [6, 6.07) is 7.34. The normalized spacial score (nSPS) is 19.1. The molecule has 1 saturated heterocycles. The van der Waals surface area contributed by atoms with E-state index < -0.39 is 20.6 Å². The number of carbonyl (C=O) groups is 1. The van der Waals surface area contributed by atoms with E-state index in [-0.39, 0.29) is 24.8 Å². The number of carbonyl (C=O) groups excluding carboxylic acids is 1. The fourth-order valence-electron chi connectivity index (χ4n) is 4.30. The van der Waals surface area contributed by atoms with Gasteiger partial charge < -0.3 is 20.5 Å². The summed E-state index contributed by atoms with van der Waals surface area (Å²) in [7, 11) is -3.54. The van der Waals surface area contributed by atoms with Crippen molar-refractivity contribution in [3.05, 3.63) is 36.0 Å². The molecule has 11 nitrogen and oxygen atoms in total. The Morgan fingerprint density at radius 2 is 2.06 bits per heavy atom. The molecule has 35 heavy (non-hydrogen) atoms. The largest absolute Gasteiger partial charge is 0.396 e. The van der Waals surface area contributed by atoms with Crippen LogP contribution in [0.1, 0.15) is 31.9 Å². The molecule has 3 N–H and O–H groups in total. The summed E-state index contributed by atoms with van der Waals surface area (Å²) < 4.78 is 30.9. The van der Waals surface area contributed by atoms with Crippen LogP contribution in [0.4, 0.5) is 16.3 Å². The van der Waals surface area contributed by atoms with Crippen molar-refractivity contribution in [2.75, 3.05) is 41.9 Å². The highest BCUT2D eigenvalue weighted by atomic mass is 32.2. The highest BCUT2D eigenvalue weighted by molar-refractivity contribution is 7.92. The third-order valence-corrected chi connectivity index (χ3v) is 9.05. The maximum atomic E-state index is 13.2. The lowest BCUT2D eigenvalue weighted by atomic mass is 10.1. The van der Waals surface area contributed by atoms with Crippen molar-refractivity contribution in [1.82, 2.24) is 9.97 Å². The number of primary amides is 1. The minimum absolute atomic E-state index is 0.0441. The molecule has 1 aromatic heterocycles. The Morgan fingerprint density at radius 3 is 2.63 bits per heavy atom. The number of rotatable bonds is 8. The van der Waals surface area contributed by atoms with E-state index in [0.717, 1.165) is 4.90 Å². The van der Waals surface area contributed by atoms with Crippen molar-refractivity contribution in [2.24, 2.45) is 5.73 Å². The zero-order valence-corrected chi connectivity index (χ0v) is 20.2. The van der Waals surface area contributed by atoms with Gasteiger partial charge in [0.15, 0.2) is 21.9 Å². The summed E-state index contributed by atoms with van der Waals surface area (Å²) in [5, 5.41) is 18.3. The Morgan fingerprint density at radius 1 is 1.34 bits per heavy atom. The third kappa shape index (κ3) is 4.80. The Hall–Kier alpha value is -3.27. The van der Waals surface area contributed by atoms with Gasteiger partial charge >= 0.3 is 6.03 Å². The predicted molar refractivity (Wildman–Crippen MR) is 129 cm³/mol. The topological polar surface area (TPSA) is 163 Å². The zero-order chi connectivity index (χ0) is 25.2. The first-order valence-electron chi connectivity index (χ1n) is 11.4. The summed E-state index contributed by atoms with van der Waals surface area (Å²) in [5.41, 5.74) is 6.58. The lowest BCUT2D eigenvalue weighted by molar-refractivity contribution is 0.0985. The molecule has 2 fully saturated rings. The molecule has 1 atom stereocenters. The molecule has 1 aliphatic carbocycles. The number of ether oxygens (including phenoxy) is 1. The number of urea groups is 1. The molecule has 12 heteroatoms. The molecule has 1 saturated carbocycles. The van der Waals surface area contributed by atoms with Crippen LogP contribution in [0.3, 0.4) is 0 Å². The van der Waals surface area contributed by atoms with Crippen molar-refractivity contribution in [3.63, 3.8) is 0 Å². The second kappa shape index (κ2) is 9.77. The number of aliphatic hydroxyl groups excluding tert-OH is 1. The molecule has 2 heterocycles. The average molecular weight is 501 g/mol. The molecule has 2 aliphatic rings. The minimum Gasteiger partial charge on any atom is -0.396 e. The fourth-order valence-corrected chi connectivity index (χ4v) is 6.34. The first-order valence-corrected chi connectivity index (χ1v) is 13.0. The van der Waals surface area contributed by atoms with Crippen LogP contribution in [0.5, 0.6) is 0 Å². The summed E-state index contributed by atoms with van der Waals surface area (Å²) in [6.07, 6.45) is 2.83. The van der Waals surface area contributed by atoms with Crippen LogP contribution in [0.15, 0.2) is 30.3 Å². The molecule has 0 bridgehead atoms. The van der Waals surface area contributed by atoms with E-state index in [1.165, 1.54) is 0 Å². The Balaban J connectivity index is 1.79. The van der Waals surface area contributed by atoms with Gasteiger partial charge in [0.2, 0.25) is 0 Å². The van der Waals surface area contributed by atoms with Gasteiger partial charge in [-0.05, 0) is 50.5 Å². The highest BCUT2D eigenvalue weighted by Gasteiger charge is 2.56. The number of sulfone groups is 1. The number of anilines is 2. The second-order valence-corrected chi connectivity index (χ2v) is 11.2. The summed E-state index contributed by atoms with van der Waals surface area (Å²) in [5.74, 6) is 0.844. The third-order valence-electron chi connectivity index (χ3n) is 6.42. The van der Waals surface area contributed by atoms with Crippen LogP contribution in [0.25, 0.3) is 11.4 Å². The quantitative estimate of drug-likeness (QED) is 0.404. The summed E-state index contributed by atoms with van der Waals surface area (Å²) >= 11 is 0. The number of morpholine rings is 1. The van der Waals surface area contributed by atoms with Crippen LogP contribution in [0, 0.1) is 11.5 Å². The zero-order valence-electron chi connectivity index (χ0n) is 19.4. The monoisotopic (exact) mass is 500 g/mol. The predicted octanol–water partition coefficient (Wildman–Crippen LogP) is 1.52. The molecular weight excluding hydrogens is 472 g/mol. The molecule has 0 spiro atoms. The number of hydrogen-bond donors (Lipinski definition) is 2. The second-order valence-electron chi connectivity index (χ2n) is 8.76. The highest BCUT2D eigenvalue weighted by Crippen LogP contribution is 2.53. The average Bonchev–Trinajstić information content (AvgIpc) is 3.66. The molecule has 1 aliphatic heterocycles. The van der Waals surface area contributed by atoms with E-state index in [0.29, 0.717) is 61.2 Å². The molecule has 0 radical (unpaired) electrons. The number of nitrogens with zero attached hydrogens (tertiary/aromatic N) is 5. The number of amides is 2. The number of nitrogens with two attached hydrogens (primary N) is 1. The molecule has 2 amide bonds. The Bertz CT molecular complexity index is 1240. The van der Waals surface area contributed by atoms with Gasteiger partial charge in [-0.1, -0.05) is 0 Å². The minimum atomic E-state index is -3.54. The lowest BCUT2D eigenvalue weighted by Gasteiger charge is -2.34. The molecule has 1 aromatic carbocycles. The van der Waals surface area contributed by atoms with E-state index in [1.807, 2.05) is 6.92 Å². The molecule has 186 valence electrons. The molecule has 2 aromatic rings. The number of nitriles is 1. The first-order chi connectivity index (χ1) is 16.7. The maximum Gasteiger partial charge on any atom is 0.332 e. The van der Waals surface area contributed by atoms with Gasteiger partial charge in [-0.25, -0.2) is 23.2 Å². The van der Waals surface area contributed by atoms with E-state index >= 15 is 0 Å². The van der Waals surface area contributed by atoms with Crippen molar-refractivity contribution in [2.45, 2.75) is 37.0 Å². The van der Waals surface area contributed by atoms with Gasteiger partial charge in [0.05, 0.1) is 36.4 Å². The molecule has 4 rings (SSSR count). The first kappa shape index (κ1) is 24.8. The van der Waals surface area contributed by atoms with Crippen LogP contribution >= 0.6 is 0 Å². The number of aliphatic hydroxyl groups is 1. The number of benzene rings is 1. The van der Waals surface area contributed by atoms with Crippen molar-refractivity contribution in [3.8, 4) is 17.6 Å². The van der Waals surface area contributed by atoms with Crippen molar-refractivity contribution in [1.29, 1.82) is 5.26 Å². The maximum absolute atomic E-state index is 13.2.